The lowest BCUT2D eigenvalue weighted by atomic mass is 9.73. The second-order valence-corrected chi connectivity index (χ2v) is 12.1. The summed E-state index contributed by atoms with van der Waals surface area (Å²) in [6.07, 6.45) is 5.39. The third kappa shape index (κ3) is 5.69. The van der Waals surface area contributed by atoms with Crippen LogP contribution in [0, 0.1) is 11.8 Å². The fourth-order valence-corrected chi connectivity index (χ4v) is 7.58. The van der Waals surface area contributed by atoms with Crippen LogP contribution < -0.4 is 14.2 Å². The van der Waals surface area contributed by atoms with Crippen molar-refractivity contribution < 1.29 is 14.2 Å². The molecule has 0 aliphatic carbocycles. The third-order valence-electron chi connectivity index (χ3n) is 9.83. The van der Waals surface area contributed by atoms with Gasteiger partial charge in [-0.15, -0.1) is 17.0 Å². The Morgan fingerprint density at radius 2 is 1.77 bits per heavy atom. The van der Waals surface area contributed by atoms with Gasteiger partial charge in [-0.1, -0.05) is 43.7 Å². The number of ether oxygens (including phenoxy) is 3. The number of hydrogen-bond donors (Lipinski definition) is 1. The van der Waals surface area contributed by atoms with Crippen LogP contribution in [0.25, 0.3) is 10.9 Å². The lowest BCUT2D eigenvalue weighted by Gasteiger charge is -2.47. The van der Waals surface area contributed by atoms with Crippen molar-refractivity contribution in [2.24, 2.45) is 16.8 Å². The molecule has 7 heteroatoms. The van der Waals surface area contributed by atoms with Gasteiger partial charge in [0, 0.05) is 36.6 Å². The van der Waals surface area contributed by atoms with Gasteiger partial charge >= 0.3 is 0 Å². The van der Waals surface area contributed by atoms with E-state index in [0.29, 0.717) is 24.5 Å². The first-order valence-corrected chi connectivity index (χ1v) is 15.5. The van der Waals surface area contributed by atoms with E-state index in [1.54, 1.807) is 14.2 Å². The average Bonchev–Trinajstić information content (AvgIpc) is 3.42. The number of halogens is 1. The van der Waals surface area contributed by atoms with Crippen LogP contribution in [0.1, 0.15) is 60.2 Å². The normalized spacial score (nSPS) is 21.2. The number of piperidine rings is 1. The zero-order chi connectivity index (χ0) is 28.6. The molecule has 6 nitrogen and oxygen atoms in total. The molecule has 1 saturated heterocycles. The van der Waals surface area contributed by atoms with Crippen molar-refractivity contribution in [1.29, 1.82) is 0 Å². The molecule has 7 rings (SSSR count). The highest BCUT2D eigenvalue weighted by Gasteiger charge is 2.39. The van der Waals surface area contributed by atoms with Crippen molar-refractivity contribution in [3.8, 4) is 17.2 Å². The van der Waals surface area contributed by atoms with Crippen molar-refractivity contribution in [3.63, 3.8) is 0 Å². The first-order chi connectivity index (χ1) is 20.6. The summed E-state index contributed by atoms with van der Waals surface area (Å²) < 4.78 is 17.5. The van der Waals surface area contributed by atoms with Gasteiger partial charge in [0.1, 0.15) is 12.4 Å². The molecule has 1 aromatic heterocycles. The summed E-state index contributed by atoms with van der Waals surface area (Å²) in [5.41, 5.74) is 9.05. The zero-order valence-electron chi connectivity index (χ0n) is 25.4. The molecule has 3 aromatic carbocycles. The van der Waals surface area contributed by atoms with Gasteiger partial charge < -0.3 is 19.2 Å². The van der Waals surface area contributed by atoms with Gasteiger partial charge in [-0.25, -0.2) is 0 Å². The molecule has 0 unspecified atom stereocenters. The van der Waals surface area contributed by atoms with Gasteiger partial charge in [0.2, 0.25) is 0 Å². The SMILES string of the molecule is Br.CC[C@H]1CN2CCc3cc(OC)c(OC)cc3[C@@H]2C[C@@H]1CC1=NCCc2c1[nH]c1ccc(OCc3ccccc3)cc21. The minimum absolute atomic E-state index is 0. The third-order valence-corrected chi connectivity index (χ3v) is 9.83. The fraction of sp³-hybridized carbons (Fsp3) is 0.417. The van der Waals surface area contributed by atoms with Crippen LogP contribution in [0.4, 0.5) is 0 Å². The lowest BCUT2D eigenvalue weighted by Crippen LogP contribution is -2.46. The van der Waals surface area contributed by atoms with E-state index in [4.69, 9.17) is 19.2 Å². The number of nitrogens with one attached hydrogen (secondary N) is 1. The van der Waals surface area contributed by atoms with E-state index in [-0.39, 0.29) is 17.0 Å². The maximum absolute atomic E-state index is 6.18. The minimum Gasteiger partial charge on any atom is -0.493 e. The van der Waals surface area contributed by atoms with Gasteiger partial charge in [-0.05, 0) is 90.1 Å². The number of fused-ring (bicyclic) bond motifs is 6. The molecule has 3 aliphatic rings. The molecule has 3 aliphatic heterocycles. The number of benzene rings is 3. The zero-order valence-corrected chi connectivity index (χ0v) is 27.1. The average molecular weight is 645 g/mol. The van der Waals surface area contributed by atoms with Crippen LogP contribution in [-0.4, -0.2) is 49.4 Å². The van der Waals surface area contributed by atoms with Gasteiger partial charge in [-0.3, -0.25) is 9.89 Å². The predicted molar refractivity (Wildman–Crippen MR) is 179 cm³/mol. The van der Waals surface area contributed by atoms with Gasteiger partial charge in [0.25, 0.3) is 0 Å². The summed E-state index contributed by atoms with van der Waals surface area (Å²) in [5, 5.41) is 1.27. The van der Waals surface area contributed by atoms with Crippen molar-refractivity contribution in [2.75, 3.05) is 33.9 Å². The topological polar surface area (TPSA) is 59.1 Å². The summed E-state index contributed by atoms with van der Waals surface area (Å²) in [7, 11) is 3.46. The highest BCUT2D eigenvalue weighted by Crippen LogP contribution is 2.46. The first-order valence-electron chi connectivity index (χ1n) is 15.5. The van der Waals surface area contributed by atoms with Crippen LogP contribution in [0.2, 0.25) is 0 Å². The minimum atomic E-state index is 0. The fourth-order valence-electron chi connectivity index (χ4n) is 7.58. The van der Waals surface area contributed by atoms with Crippen LogP contribution >= 0.6 is 17.0 Å². The Bertz CT molecular complexity index is 1620. The van der Waals surface area contributed by atoms with Crippen LogP contribution in [-0.2, 0) is 19.4 Å². The molecule has 226 valence electrons. The lowest BCUT2D eigenvalue weighted by molar-refractivity contribution is 0.0546. The standard InChI is InChI=1S/C36H41N3O3.BrH/c1-4-24-21-39-15-13-25-18-34(40-2)35(41-3)20-29(25)33(39)17-26(24)16-32-36-28(12-14-37-32)30-19-27(10-11-31(30)38-36)42-22-23-8-6-5-7-9-23;/h5-11,18-20,24,26,33,38H,4,12-17,21-22H2,1-3H3;1H/t24-,26-,33-;/m0./s1. The Balaban J connectivity index is 0.00000329. The van der Waals surface area contributed by atoms with Gasteiger partial charge in [-0.2, -0.15) is 0 Å². The quantitative estimate of drug-likeness (QED) is 0.214. The van der Waals surface area contributed by atoms with Crippen LogP contribution in [0.15, 0.2) is 65.7 Å². The number of aromatic amines is 1. The number of aromatic nitrogens is 1. The Hall–Kier alpha value is -3.29. The van der Waals surface area contributed by atoms with E-state index < -0.39 is 0 Å². The second-order valence-electron chi connectivity index (χ2n) is 12.1. The molecule has 1 fully saturated rings. The van der Waals surface area contributed by atoms with E-state index in [2.05, 4.69) is 71.4 Å². The van der Waals surface area contributed by atoms with E-state index in [9.17, 15) is 0 Å². The largest absolute Gasteiger partial charge is 0.493 e. The molecule has 0 bridgehead atoms. The van der Waals surface area contributed by atoms with E-state index in [1.165, 1.54) is 51.0 Å². The summed E-state index contributed by atoms with van der Waals surface area (Å²) in [4.78, 5) is 11.6. The number of rotatable bonds is 8. The Morgan fingerprint density at radius 3 is 2.56 bits per heavy atom. The van der Waals surface area contributed by atoms with Crippen molar-refractivity contribution in [3.05, 3.63) is 88.6 Å². The molecular formula is C36H42BrN3O3. The predicted octanol–water partition coefficient (Wildman–Crippen LogP) is 7.72. The molecule has 3 atom stereocenters. The Labute approximate surface area is 265 Å². The molecule has 0 radical (unpaired) electrons. The summed E-state index contributed by atoms with van der Waals surface area (Å²) in [6.45, 7) is 6.04. The molecule has 4 heterocycles. The molecule has 0 saturated carbocycles. The van der Waals surface area contributed by atoms with E-state index in [0.717, 1.165) is 62.6 Å². The van der Waals surface area contributed by atoms with Crippen molar-refractivity contribution >= 4 is 33.6 Å². The van der Waals surface area contributed by atoms with E-state index in [1.807, 2.05) is 6.07 Å². The summed E-state index contributed by atoms with van der Waals surface area (Å²) in [6, 6.07) is 21.7. The maximum Gasteiger partial charge on any atom is 0.161 e. The molecule has 43 heavy (non-hydrogen) atoms. The highest BCUT2D eigenvalue weighted by molar-refractivity contribution is 8.93. The number of hydrogen-bond acceptors (Lipinski definition) is 5. The van der Waals surface area contributed by atoms with Gasteiger partial charge in [0.15, 0.2) is 11.5 Å². The number of aliphatic imine (C=N–C) groups is 1. The molecule has 1 N–H and O–H groups in total. The molecular weight excluding hydrogens is 602 g/mol. The molecule has 4 aromatic rings. The summed E-state index contributed by atoms with van der Waals surface area (Å²) in [5.74, 6) is 3.83. The summed E-state index contributed by atoms with van der Waals surface area (Å²) >= 11 is 0. The first kappa shape index (κ1) is 29.8. The number of methoxy groups -OCH3 is 2. The number of nitrogens with zero attached hydrogens (tertiary/aromatic N) is 2. The van der Waals surface area contributed by atoms with Crippen LogP contribution in [0.3, 0.4) is 0 Å². The Kier molecular flexibility index (Phi) is 8.83. The van der Waals surface area contributed by atoms with Gasteiger partial charge in [0.05, 0.1) is 25.6 Å². The highest BCUT2D eigenvalue weighted by atomic mass is 79.9. The Morgan fingerprint density at radius 1 is 0.953 bits per heavy atom. The smallest absolute Gasteiger partial charge is 0.161 e. The van der Waals surface area contributed by atoms with Crippen molar-refractivity contribution in [1.82, 2.24) is 9.88 Å². The molecule has 0 amide bonds. The van der Waals surface area contributed by atoms with E-state index >= 15 is 0 Å². The second kappa shape index (κ2) is 12.7. The molecule has 0 spiro atoms. The van der Waals surface area contributed by atoms with Crippen molar-refractivity contribution in [2.45, 2.75) is 51.7 Å². The monoisotopic (exact) mass is 643 g/mol. The number of H-pyrrole nitrogens is 1. The maximum atomic E-state index is 6.18. The van der Waals surface area contributed by atoms with Crippen LogP contribution in [0.5, 0.6) is 17.2 Å².